The maximum absolute atomic E-state index is 13.3. The zero-order valence-electron chi connectivity index (χ0n) is 18.6. The van der Waals surface area contributed by atoms with Gasteiger partial charge in [-0.25, -0.2) is 13.8 Å². The number of ether oxygens (including phenoxy) is 1. The lowest BCUT2D eigenvalue weighted by Gasteiger charge is -2.21. The summed E-state index contributed by atoms with van der Waals surface area (Å²) in [7, 11) is -2.53. The molecule has 0 fully saturated rings. The van der Waals surface area contributed by atoms with Crippen LogP contribution < -0.4 is 10.2 Å². The lowest BCUT2D eigenvalue weighted by Crippen LogP contribution is -2.39. The van der Waals surface area contributed by atoms with Crippen LogP contribution in [0.2, 0.25) is 0 Å². The van der Waals surface area contributed by atoms with Crippen molar-refractivity contribution in [2.75, 3.05) is 13.7 Å². The molecule has 10 heteroatoms. The van der Waals surface area contributed by atoms with E-state index in [0.717, 1.165) is 19.9 Å². The van der Waals surface area contributed by atoms with E-state index in [-0.39, 0.29) is 22.9 Å². The second kappa shape index (κ2) is 11.3. The fourth-order valence-electron chi connectivity index (χ4n) is 3.03. The van der Waals surface area contributed by atoms with Crippen LogP contribution in [0.5, 0.6) is 11.5 Å². The van der Waals surface area contributed by atoms with E-state index in [4.69, 9.17) is 4.74 Å². The number of hydrogen-bond acceptors (Lipinski definition) is 6. The number of phenols is 1. The molecule has 0 atom stereocenters. The first-order valence-electron chi connectivity index (χ1n) is 10.2. The topological polar surface area (TPSA) is 108 Å². The lowest BCUT2D eigenvalue weighted by atomic mass is 10.1. The third-order valence-electron chi connectivity index (χ3n) is 4.86. The third kappa shape index (κ3) is 6.66. The van der Waals surface area contributed by atoms with Gasteiger partial charge in [0, 0.05) is 11.0 Å². The van der Waals surface area contributed by atoms with Crippen molar-refractivity contribution in [2.45, 2.75) is 18.4 Å². The highest BCUT2D eigenvalue weighted by Crippen LogP contribution is 2.25. The third-order valence-corrected chi connectivity index (χ3v) is 7.19. The quantitative estimate of drug-likeness (QED) is 0.314. The predicted molar refractivity (Wildman–Crippen MR) is 133 cm³/mol. The largest absolute Gasteiger partial charge is 0.504 e. The van der Waals surface area contributed by atoms with E-state index in [2.05, 4.69) is 26.5 Å². The molecule has 0 unspecified atom stereocenters. The average Bonchev–Trinajstić information content (AvgIpc) is 2.81. The molecule has 34 heavy (non-hydrogen) atoms. The van der Waals surface area contributed by atoms with Crippen LogP contribution >= 0.6 is 15.9 Å². The van der Waals surface area contributed by atoms with Gasteiger partial charge < -0.3 is 9.84 Å². The van der Waals surface area contributed by atoms with E-state index in [9.17, 15) is 18.3 Å². The zero-order chi connectivity index (χ0) is 24.7. The monoisotopic (exact) mass is 545 g/mol. The highest BCUT2D eigenvalue weighted by Gasteiger charge is 2.27. The molecule has 0 heterocycles. The van der Waals surface area contributed by atoms with Crippen molar-refractivity contribution in [1.29, 1.82) is 0 Å². The number of aromatic hydroxyl groups is 1. The Morgan fingerprint density at radius 3 is 2.44 bits per heavy atom. The van der Waals surface area contributed by atoms with Crippen molar-refractivity contribution < 1.29 is 23.1 Å². The molecule has 8 nitrogen and oxygen atoms in total. The smallest absolute Gasteiger partial charge is 0.255 e. The summed E-state index contributed by atoms with van der Waals surface area (Å²) in [6.45, 7) is 1.53. The van der Waals surface area contributed by atoms with E-state index < -0.39 is 22.5 Å². The summed E-state index contributed by atoms with van der Waals surface area (Å²) >= 11 is 3.30. The highest BCUT2D eigenvalue weighted by molar-refractivity contribution is 9.10. The van der Waals surface area contributed by atoms with Crippen LogP contribution in [0.25, 0.3) is 0 Å². The summed E-state index contributed by atoms with van der Waals surface area (Å²) < 4.78 is 33.5. The Morgan fingerprint density at radius 1 is 1.12 bits per heavy atom. The molecular formula is C24H24BrN3O5S. The molecule has 1 amide bonds. The average molecular weight is 546 g/mol. The fourth-order valence-corrected chi connectivity index (χ4v) is 4.68. The number of hydrazone groups is 1. The van der Waals surface area contributed by atoms with Gasteiger partial charge in [0.1, 0.15) is 0 Å². The van der Waals surface area contributed by atoms with Gasteiger partial charge >= 0.3 is 0 Å². The zero-order valence-corrected chi connectivity index (χ0v) is 21.0. The molecule has 0 saturated heterocycles. The molecule has 0 saturated carbocycles. The number of nitrogens with one attached hydrogen (secondary N) is 1. The first-order valence-corrected chi connectivity index (χ1v) is 12.4. The van der Waals surface area contributed by atoms with Gasteiger partial charge in [-0.1, -0.05) is 45.8 Å². The number of aryl methyl sites for hydroxylation is 1. The molecule has 0 aromatic heterocycles. The molecule has 0 aliphatic rings. The standard InChI is InChI=1S/C24H24BrN3O5S/c1-17-3-5-18(6-4-17)15-28(34(31,32)21-10-8-20(25)9-11-21)16-24(30)27-26-14-19-7-12-22(29)23(13-19)33-2/h3-14,29H,15-16H2,1-2H3,(H,27,30)/b26-14-. The summed E-state index contributed by atoms with van der Waals surface area (Å²) in [4.78, 5) is 12.7. The Balaban J connectivity index is 1.78. The number of amides is 1. The van der Waals surface area contributed by atoms with Gasteiger partial charge in [0.05, 0.1) is 24.8 Å². The van der Waals surface area contributed by atoms with Crippen molar-refractivity contribution in [3.63, 3.8) is 0 Å². The predicted octanol–water partition coefficient (Wildman–Crippen LogP) is 3.81. The number of rotatable bonds is 9. The molecule has 178 valence electrons. The van der Waals surface area contributed by atoms with Crippen molar-refractivity contribution in [1.82, 2.24) is 9.73 Å². The van der Waals surface area contributed by atoms with Crippen LogP contribution in [0, 0.1) is 6.92 Å². The Morgan fingerprint density at radius 2 is 1.79 bits per heavy atom. The van der Waals surface area contributed by atoms with Gasteiger partial charge in [-0.3, -0.25) is 4.79 Å². The van der Waals surface area contributed by atoms with E-state index in [1.807, 2.05) is 31.2 Å². The molecule has 2 N–H and O–H groups in total. The molecule has 3 aromatic carbocycles. The molecule has 3 rings (SSSR count). The van der Waals surface area contributed by atoms with Gasteiger partial charge in [-0.2, -0.15) is 9.41 Å². The van der Waals surface area contributed by atoms with Crippen molar-refractivity contribution in [2.24, 2.45) is 5.10 Å². The normalized spacial score (nSPS) is 11.6. The van der Waals surface area contributed by atoms with E-state index in [1.165, 1.54) is 31.5 Å². The number of methoxy groups -OCH3 is 1. The maximum Gasteiger partial charge on any atom is 0.255 e. The van der Waals surface area contributed by atoms with Crippen LogP contribution in [-0.4, -0.2) is 43.6 Å². The van der Waals surface area contributed by atoms with Gasteiger partial charge in [-0.05, 0) is 60.5 Å². The first-order chi connectivity index (χ1) is 16.2. The fraction of sp³-hybridized carbons (Fsp3) is 0.167. The van der Waals surface area contributed by atoms with Crippen LogP contribution in [0.3, 0.4) is 0 Å². The van der Waals surface area contributed by atoms with Gasteiger partial charge in [0.15, 0.2) is 11.5 Å². The van der Waals surface area contributed by atoms with Crippen LogP contribution in [-0.2, 0) is 21.4 Å². The van der Waals surface area contributed by atoms with Crippen LogP contribution in [0.15, 0.2) is 81.2 Å². The summed E-state index contributed by atoms with van der Waals surface area (Å²) in [6.07, 6.45) is 1.37. The van der Waals surface area contributed by atoms with E-state index >= 15 is 0 Å². The lowest BCUT2D eigenvalue weighted by molar-refractivity contribution is -0.121. The van der Waals surface area contributed by atoms with Crippen LogP contribution in [0.4, 0.5) is 0 Å². The van der Waals surface area contributed by atoms with E-state index in [1.54, 1.807) is 24.3 Å². The molecule has 0 aliphatic heterocycles. The SMILES string of the molecule is COc1cc(/C=N\NC(=O)CN(Cc2ccc(C)cc2)S(=O)(=O)c2ccc(Br)cc2)ccc1O. The number of halogens is 1. The molecule has 0 bridgehead atoms. The number of hydrogen-bond donors (Lipinski definition) is 2. The number of sulfonamides is 1. The van der Waals surface area contributed by atoms with E-state index in [0.29, 0.717) is 5.56 Å². The number of carbonyl (C=O) groups is 1. The first kappa shape index (κ1) is 25.4. The minimum Gasteiger partial charge on any atom is -0.504 e. The minimum absolute atomic E-state index is 0.0188. The van der Waals surface area contributed by atoms with Crippen molar-refractivity contribution >= 4 is 38.1 Å². The molecule has 0 radical (unpaired) electrons. The minimum atomic E-state index is -3.96. The number of nitrogens with zero attached hydrogens (tertiary/aromatic N) is 2. The molecule has 3 aromatic rings. The van der Waals surface area contributed by atoms with Gasteiger partial charge in [0.2, 0.25) is 10.0 Å². The van der Waals surface area contributed by atoms with Crippen molar-refractivity contribution in [3.8, 4) is 11.5 Å². The van der Waals surface area contributed by atoms with Gasteiger partial charge in [0.25, 0.3) is 5.91 Å². The van der Waals surface area contributed by atoms with Crippen molar-refractivity contribution in [3.05, 3.63) is 87.9 Å². The highest BCUT2D eigenvalue weighted by atomic mass is 79.9. The summed E-state index contributed by atoms with van der Waals surface area (Å²) in [6, 6.07) is 18.2. The summed E-state index contributed by atoms with van der Waals surface area (Å²) in [5.74, 6) is -0.358. The number of benzene rings is 3. The number of phenolic OH excluding ortho intramolecular Hbond substituents is 1. The Hall–Kier alpha value is -3.21. The Kier molecular flexibility index (Phi) is 8.43. The van der Waals surface area contributed by atoms with Crippen LogP contribution in [0.1, 0.15) is 16.7 Å². The summed E-state index contributed by atoms with van der Waals surface area (Å²) in [5, 5.41) is 13.6. The second-order valence-electron chi connectivity index (χ2n) is 7.44. The molecule has 0 aliphatic carbocycles. The maximum atomic E-state index is 13.3. The summed E-state index contributed by atoms with van der Waals surface area (Å²) in [5.41, 5.74) is 4.73. The Labute approximate surface area is 207 Å². The molecule has 0 spiro atoms. The number of carbonyl (C=O) groups excluding carboxylic acids is 1. The Bertz CT molecular complexity index is 1280. The van der Waals surface area contributed by atoms with Gasteiger partial charge in [-0.15, -0.1) is 0 Å². The second-order valence-corrected chi connectivity index (χ2v) is 10.3. The molecular weight excluding hydrogens is 522 g/mol.